The molecule has 0 N–H and O–H groups in total. The topological polar surface area (TPSA) is 14.2 Å². The van der Waals surface area contributed by atoms with Gasteiger partial charge in [0.15, 0.2) is 11.5 Å². The van der Waals surface area contributed by atoms with Crippen LogP contribution >= 0.6 is 0 Å². The van der Waals surface area contributed by atoms with E-state index in [1.165, 1.54) is 60.4 Å². The van der Waals surface area contributed by atoms with Crippen LogP contribution in [-0.4, -0.2) is 4.57 Å². The molecule has 2 heteroatoms. The van der Waals surface area contributed by atoms with Crippen molar-refractivity contribution in [2.75, 3.05) is 0 Å². The Hall–Kier alpha value is -5.60. The zero-order valence-electron chi connectivity index (χ0n) is 23.7. The van der Waals surface area contributed by atoms with Crippen molar-refractivity contribution in [3.63, 3.8) is 0 Å². The zero-order valence-corrected chi connectivity index (χ0v) is 23.7. The first-order chi connectivity index (χ1) is 21.2. The van der Waals surface area contributed by atoms with Gasteiger partial charge in [-0.1, -0.05) is 115 Å². The highest BCUT2D eigenvalue weighted by atomic mass is 16.5. The number of ether oxygens (including phenoxy) is 1. The fourth-order valence-electron chi connectivity index (χ4n) is 7.04. The molecule has 0 aliphatic carbocycles. The molecule has 2 heterocycles. The van der Waals surface area contributed by atoms with E-state index >= 15 is 0 Å². The molecule has 7 aromatic carbocycles. The summed E-state index contributed by atoms with van der Waals surface area (Å²) in [7, 11) is 0. The molecule has 0 amide bonds. The van der Waals surface area contributed by atoms with E-state index in [-0.39, 0.29) is 0 Å². The number of hydrogen-bond acceptors (Lipinski definition) is 1. The molecule has 1 aliphatic heterocycles. The molecule has 1 aromatic heterocycles. The minimum Gasteiger partial charge on any atom is -0.453 e. The molecule has 0 spiro atoms. The van der Waals surface area contributed by atoms with E-state index in [0.29, 0.717) is 0 Å². The average Bonchev–Trinajstić information content (AvgIpc) is 3.41. The van der Waals surface area contributed by atoms with Gasteiger partial charge in [-0.15, -0.1) is 0 Å². The van der Waals surface area contributed by atoms with Crippen molar-refractivity contribution >= 4 is 32.4 Å². The van der Waals surface area contributed by atoms with Gasteiger partial charge in [-0.25, -0.2) is 0 Å². The van der Waals surface area contributed by atoms with E-state index in [0.717, 1.165) is 28.3 Å². The molecule has 8 aromatic rings. The quantitative estimate of drug-likeness (QED) is 0.200. The summed E-state index contributed by atoms with van der Waals surface area (Å²) < 4.78 is 8.90. The second kappa shape index (κ2) is 9.20. The Morgan fingerprint density at radius 2 is 1.02 bits per heavy atom. The van der Waals surface area contributed by atoms with Gasteiger partial charge in [-0.2, -0.15) is 0 Å². The molecule has 0 fully saturated rings. The number of para-hydroxylation sites is 1. The maximum Gasteiger partial charge on any atom is 0.152 e. The summed E-state index contributed by atoms with van der Waals surface area (Å²) in [5.41, 5.74) is 10.7. The van der Waals surface area contributed by atoms with Crippen LogP contribution in [0.2, 0.25) is 0 Å². The normalized spacial score (nSPS) is 12.0. The molecule has 0 saturated carbocycles. The van der Waals surface area contributed by atoms with Crippen molar-refractivity contribution in [3.05, 3.63) is 151 Å². The molecule has 43 heavy (non-hydrogen) atoms. The summed E-state index contributed by atoms with van der Waals surface area (Å²) in [6.07, 6.45) is 0. The average molecular weight is 550 g/mol. The van der Waals surface area contributed by atoms with Gasteiger partial charge in [-0.05, 0) is 92.2 Å². The van der Waals surface area contributed by atoms with Crippen molar-refractivity contribution < 1.29 is 4.74 Å². The van der Waals surface area contributed by atoms with E-state index in [2.05, 4.69) is 157 Å². The second-order valence-electron chi connectivity index (χ2n) is 11.4. The lowest BCUT2D eigenvalue weighted by atomic mass is 9.85. The van der Waals surface area contributed by atoms with Crippen LogP contribution in [0.3, 0.4) is 0 Å². The lowest BCUT2D eigenvalue weighted by Gasteiger charge is -2.23. The van der Waals surface area contributed by atoms with Crippen LogP contribution in [0.5, 0.6) is 11.5 Å². The first-order valence-electron chi connectivity index (χ1n) is 14.8. The van der Waals surface area contributed by atoms with Crippen LogP contribution in [-0.2, 0) is 0 Å². The van der Waals surface area contributed by atoms with Gasteiger partial charge in [0.25, 0.3) is 0 Å². The molecular weight excluding hydrogens is 522 g/mol. The zero-order chi connectivity index (χ0) is 28.5. The predicted octanol–water partition coefficient (Wildman–Crippen LogP) is 11.4. The first-order valence-corrected chi connectivity index (χ1v) is 14.8. The lowest BCUT2D eigenvalue weighted by Crippen LogP contribution is -2.05. The number of rotatable bonds is 3. The monoisotopic (exact) mass is 549 g/mol. The molecule has 1 aliphatic rings. The third-order valence-corrected chi connectivity index (χ3v) is 8.87. The highest BCUT2D eigenvalue weighted by Gasteiger charge is 2.23. The number of benzene rings is 7. The van der Waals surface area contributed by atoms with Gasteiger partial charge in [0.05, 0.1) is 11.2 Å². The Morgan fingerprint density at radius 3 is 1.72 bits per heavy atom. The molecule has 0 atom stereocenters. The van der Waals surface area contributed by atoms with Crippen molar-refractivity contribution in [2.24, 2.45) is 0 Å². The third-order valence-electron chi connectivity index (χ3n) is 8.87. The molecule has 0 unspecified atom stereocenters. The van der Waals surface area contributed by atoms with Gasteiger partial charge >= 0.3 is 0 Å². The maximum absolute atomic E-state index is 6.58. The third kappa shape index (κ3) is 3.60. The molecule has 0 bridgehead atoms. The minimum atomic E-state index is 0.879. The van der Waals surface area contributed by atoms with Crippen LogP contribution in [0, 0.1) is 6.92 Å². The summed E-state index contributed by atoms with van der Waals surface area (Å²) in [6.45, 7) is 2.17. The summed E-state index contributed by atoms with van der Waals surface area (Å²) in [4.78, 5) is 0. The largest absolute Gasteiger partial charge is 0.453 e. The molecule has 9 rings (SSSR count). The molecular formula is C41H27NO. The fraction of sp³-hybridized carbons (Fsp3) is 0.0244. The highest BCUT2D eigenvalue weighted by Crippen LogP contribution is 2.47. The predicted molar refractivity (Wildman–Crippen MR) is 179 cm³/mol. The molecule has 0 saturated heterocycles. The number of hydrogen-bond donors (Lipinski definition) is 0. The van der Waals surface area contributed by atoms with Crippen LogP contribution in [0.1, 0.15) is 5.69 Å². The van der Waals surface area contributed by atoms with Gasteiger partial charge in [0.1, 0.15) is 0 Å². The first kappa shape index (κ1) is 24.0. The Bertz CT molecular complexity index is 2320. The summed E-state index contributed by atoms with van der Waals surface area (Å²) in [6, 6.07) is 52.4. The van der Waals surface area contributed by atoms with E-state index in [1.807, 2.05) is 0 Å². The van der Waals surface area contributed by atoms with Crippen molar-refractivity contribution in [3.8, 4) is 50.6 Å². The van der Waals surface area contributed by atoms with Crippen molar-refractivity contribution in [2.45, 2.75) is 6.92 Å². The van der Waals surface area contributed by atoms with Crippen LogP contribution < -0.4 is 4.74 Å². The smallest absolute Gasteiger partial charge is 0.152 e. The molecule has 202 valence electrons. The van der Waals surface area contributed by atoms with E-state index in [9.17, 15) is 0 Å². The standard InChI is InChI=1S/C41H27NO/c1-26-23-31-15-10-20-37-41(31)42(26)36-22-21-30(25-38(36)43-37)40-34-18-7-5-16-32(34)39(33-17-6-8-19-35(33)40)29-14-9-13-28(24-29)27-11-3-2-4-12-27/h2-25H,1H3. The number of aryl methyl sites for hydroxylation is 1. The van der Waals surface area contributed by atoms with Gasteiger partial charge in [0, 0.05) is 11.1 Å². The van der Waals surface area contributed by atoms with Crippen LogP contribution in [0.25, 0.3) is 71.5 Å². The number of nitrogens with zero attached hydrogens (tertiary/aromatic N) is 1. The molecule has 2 nitrogen and oxygen atoms in total. The van der Waals surface area contributed by atoms with E-state index < -0.39 is 0 Å². The summed E-state index contributed by atoms with van der Waals surface area (Å²) in [5.74, 6) is 1.78. The van der Waals surface area contributed by atoms with Gasteiger partial charge in [0.2, 0.25) is 0 Å². The Kier molecular flexibility index (Phi) is 5.15. The van der Waals surface area contributed by atoms with Gasteiger partial charge < -0.3 is 9.30 Å². The van der Waals surface area contributed by atoms with Crippen molar-refractivity contribution in [1.82, 2.24) is 4.57 Å². The van der Waals surface area contributed by atoms with Crippen LogP contribution in [0.4, 0.5) is 0 Å². The summed E-state index contributed by atoms with van der Waals surface area (Å²) in [5, 5.41) is 6.16. The highest BCUT2D eigenvalue weighted by molar-refractivity contribution is 6.21. The van der Waals surface area contributed by atoms with Gasteiger partial charge in [-0.3, -0.25) is 0 Å². The van der Waals surface area contributed by atoms with E-state index in [1.54, 1.807) is 0 Å². The van der Waals surface area contributed by atoms with E-state index in [4.69, 9.17) is 4.74 Å². The van der Waals surface area contributed by atoms with Crippen molar-refractivity contribution in [1.29, 1.82) is 0 Å². The number of fused-ring (bicyclic) bond motifs is 4. The second-order valence-corrected chi connectivity index (χ2v) is 11.4. The SMILES string of the molecule is Cc1cc2cccc3c2n1-c1ccc(-c2c4ccccc4c(-c4cccc(-c5ccccc5)c4)c4ccccc24)cc1O3. The Balaban J connectivity index is 1.29. The molecule has 0 radical (unpaired) electrons. The Labute approximate surface area is 250 Å². The maximum atomic E-state index is 6.58. The number of aromatic nitrogens is 1. The van der Waals surface area contributed by atoms with Crippen LogP contribution in [0.15, 0.2) is 146 Å². The minimum absolute atomic E-state index is 0.879. The summed E-state index contributed by atoms with van der Waals surface area (Å²) >= 11 is 0. The Morgan fingerprint density at radius 1 is 0.442 bits per heavy atom. The fourth-order valence-corrected chi connectivity index (χ4v) is 7.04. The lowest BCUT2D eigenvalue weighted by molar-refractivity contribution is 0.475.